The molecule has 1 aromatic heterocycles. The maximum atomic E-state index is 11.0. The van der Waals surface area contributed by atoms with Crippen LogP contribution in [-0.2, 0) is 4.79 Å². The number of hydrogen-bond donors (Lipinski definition) is 2. The van der Waals surface area contributed by atoms with Gasteiger partial charge in [0, 0.05) is 0 Å². The van der Waals surface area contributed by atoms with Gasteiger partial charge in [-0.15, -0.1) is 0 Å². The molecular weight excluding hydrogens is 254 g/mol. The molecule has 0 aliphatic heterocycles. The first-order valence-electron chi connectivity index (χ1n) is 5.56. The Morgan fingerprint density at radius 3 is 2.89 bits per heavy atom. The average molecular weight is 268 g/mol. The van der Waals surface area contributed by atoms with Crippen molar-refractivity contribution < 1.29 is 9.90 Å². The van der Waals surface area contributed by atoms with Crippen LogP contribution in [0, 0.1) is 18.3 Å². The van der Waals surface area contributed by atoms with Crippen molar-refractivity contribution in [2.24, 2.45) is 0 Å². The maximum Gasteiger partial charge on any atom is 0.326 e. The summed E-state index contributed by atoms with van der Waals surface area (Å²) in [5.41, 5.74) is 0.901. The number of carboxylic acid groups (broad SMARTS) is 1. The zero-order valence-electron chi connectivity index (χ0n) is 10.2. The number of nitriles is 1. The third-order valence-electron chi connectivity index (χ3n) is 2.47. The number of rotatable bonds is 5. The van der Waals surface area contributed by atoms with Crippen molar-refractivity contribution in [1.29, 1.82) is 5.26 Å². The van der Waals surface area contributed by atoms with Crippen molar-refractivity contribution in [3.63, 3.8) is 0 Å². The van der Waals surface area contributed by atoms with Crippen molar-refractivity contribution in [3.05, 3.63) is 22.3 Å². The maximum absolute atomic E-state index is 11.0. The third-order valence-corrected chi connectivity index (χ3v) is 2.76. The Morgan fingerprint density at radius 1 is 1.72 bits per heavy atom. The Balaban J connectivity index is 3.00. The molecular formula is C12H14ClN3O2. The molecule has 2 N–H and O–H groups in total. The summed E-state index contributed by atoms with van der Waals surface area (Å²) in [6.45, 7) is 3.58. The minimum Gasteiger partial charge on any atom is -0.480 e. The van der Waals surface area contributed by atoms with Gasteiger partial charge in [-0.2, -0.15) is 5.26 Å². The number of carbonyl (C=O) groups is 1. The predicted octanol–water partition coefficient (Wildman–Crippen LogP) is 2.58. The topological polar surface area (TPSA) is 86.0 Å². The minimum absolute atomic E-state index is 0.250. The highest BCUT2D eigenvalue weighted by Gasteiger charge is 2.18. The molecule has 1 heterocycles. The normalized spacial score (nSPS) is 11.7. The summed E-state index contributed by atoms with van der Waals surface area (Å²) < 4.78 is 0. The molecule has 1 unspecified atom stereocenters. The first-order valence-corrected chi connectivity index (χ1v) is 5.94. The second kappa shape index (κ2) is 6.22. The summed E-state index contributed by atoms with van der Waals surface area (Å²) in [7, 11) is 0. The van der Waals surface area contributed by atoms with Crippen LogP contribution in [0.5, 0.6) is 0 Å². The lowest BCUT2D eigenvalue weighted by molar-refractivity contribution is -0.138. The molecule has 1 aromatic rings. The van der Waals surface area contributed by atoms with Gasteiger partial charge in [0.25, 0.3) is 0 Å². The summed E-state index contributed by atoms with van der Waals surface area (Å²) in [5, 5.41) is 20.9. The zero-order chi connectivity index (χ0) is 13.7. The molecule has 0 saturated heterocycles. The van der Waals surface area contributed by atoms with E-state index >= 15 is 0 Å². The van der Waals surface area contributed by atoms with E-state index in [0.29, 0.717) is 23.5 Å². The Bertz CT molecular complexity index is 497. The quantitative estimate of drug-likeness (QED) is 0.856. The van der Waals surface area contributed by atoms with Crippen LogP contribution in [0.25, 0.3) is 0 Å². The second-order valence-corrected chi connectivity index (χ2v) is 4.29. The molecule has 0 radical (unpaired) electrons. The second-order valence-electron chi connectivity index (χ2n) is 3.89. The first-order chi connectivity index (χ1) is 8.49. The number of nitrogens with one attached hydrogen (secondary N) is 1. The van der Waals surface area contributed by atoms with Gasteiger partial charge in [-0.3, -0.25) is 0 Å². The lowest BCUT2D eigenvalue weighted by atomic mass is 10.1. The molecule has 18 heavy (non-hydrogen) atoms. The van der Waals surface area contributed by atoms with Crippen LogP contribution in [0.1, 0.15) is 31.0 Å². The molecule has 5 nitrogen and oxygen atoms in total. The van der Waals surface area contributed by atoms with E-state index in [2.05, 4.69) is 10.3 Å². The van der Waals surface area contributed by atoms with Gasteiger partial charge in [0.15, 0.2) is 0 Å². The Morgan fingerprint density at radius 2 is 2.39 bits per heavy atom. The first kappa shape index (κ1) is 14.3. The number of carboxylic acids is 1. The van der Waals surface area contributed by atoms with Crippen molar-refractivity contribution in [1.82, 2.24) is 4.98 Å². The van der Waals surface area contributed by atoms with Crippen molar-refractivity contribution in [2.45, 2.75) is 32.7 Å². The standard InChI is InChI=1S/C12H14ClN3O2/c1-3-4-10(12(17)18)16-11-9(13)5-8(6-14)7(2)15-11/h5,10H,3-4H2,1-2H3,(H,15,16)(H,17,18). The van der Waals surface area contributed by atoms with Crippen LogP contribution in [0.2, 0.25) is 5.02 Å². The molecule has 0 aromatic carbocycles. The van der Waals surface area contributed by atoms with Crippen molar-refractivity contribution in [3.8, 4) is 6.07 Å². The van der Waals surface area contributed by atoms with Crippen LogP contribution in [-0.4, -0.2) is 22.1 Å². The summed E-state index contributed by atoms with van der Waals surface area (Å²) in [4.78, 5) is 15.1. The van der Waals surface area contributed by atoms with E-state index in [9.17, 15) is 4.79 Å². The van der Waals surface area contributed by atoms with E-state index in [1.54, 1.807) is 6.92 Å². The Kier molecular flexibility index (Phi) is 4.93. The fraction of sp³-hybridized carbons (Fsp3) is 0.417. The summed E-state index contributed by atoms with van der Waals surface area (Å²) in [6.07, 6.45) is 1.21. The fourth-order valence-corrected chi connectivity index (χ4v) is 1.71. The molecule has 0 aliphatic rings. The molecule has 6 heteroatoms. The molecule has 0 amide bonds. The average Bonchev–Trinajstić information content (AvgIpc) is 2.32. The summed E-state index contributed by atoms with van der Waals surface area (Å²) in [5.74, 6) is -0.647. The number of aromatic nitrogens is 1. The number of anilines is 1. The van der Waals surface area contributed by atoms with Crippen LogP contribution >= 0.6 is 11.6 Å². The highest BCUT2D eigenvalue weighted by Crippen LogP contribution is 2.23. The lowest BCUT2D eigenvalue weighted by Gasteiger charge is -2.15. The van der Waals surface area contributed by atoms with E-state index in [1.165, 1.54) is 6.07 Å². The van der Waals surface area contributed by atoms with Gasteiger partial charge >= 0.3 is 5.97 Å². The molecule has 0 fully saturated rings. The van der Waals surface area contributed by atoms with Gasteiger partial charge in [0.05, 0.1) is 16.3 Å². The number of halogens is 1. The van der Waals surface area contributed by atoms with E-state index in [0.717, 1.165) is 6.42 Å². The Hall–Kier alpha value is -1.80. The van der Waals surface area contributed by atoms with E-state index < -0.39 is 12.0 Å². The Labute approximate surface area is 110 Å². The van der Waals surface area contributed by atoms with Crippen molar-refractivity contribution in [2.75, 3.05) is 5.32 Å². The number of nitrogens with zero attached hydrogens (tertiary/aromatic N) is 2. The third kappa shape index (κ3) is 3.34. The van der Waals surface area contributed by atoms with Gasteiger partial charge in [-0.1, -0.05) is 24.9 Å². The number of aryl methyl sites for hydroxylation is 1. The zero-order valence-corrected chi connectivity index (χ0v) is 11.0. The number of hydrogen-bond acceptors (Lipinski definition) is 4. The van der Waals surface area contributed by atoms with Gasteiger partial charge in [-0.05, 0) is 19.4 Å². The summed E-state index contributed by atoms with van der Waals surface area (Å²) in [6, 6.07) is 2.73. The van der Waals surface area contributed by atoms with Gasteiger partial charge in [0.2, 0.25) is 0 Å². The highest BCUT2D eigenvalue weighted by molar-refractivity contribution is 6.33. The predicted molar refractivity (Wildman–Crippen MR) is 68.7 cm³/mol. The fourth-order valence-electron chi connectivity index (χ4n) is 1.51. The van der Waals surface area contributed by atoms with Crippen LogP contribution in [0.3, 0.4) is 0 Å². The molecule has 0 aliphatic carbocycles. The van der Waals surface area contributed by atoms with Crippen LogP contribution in [0.4, 0.5) is 5.82 Å². The van der Waals surface area contributed by atoms with Gasteiger partial charge in [0.1, 0.15) is 17.9 Å². The monoisotopic (exact) mass is 267 g/mol. The summed E-state index contributed by atoms with van der Waals surface area (Å²) >= 11 is 5.96. The number of aliphatic carboxylic acids is 1. The highest BCUT2D eigenvalue weighted by atomic mass is 35.5. The van der Waals surface area contributed by atoms with Gasteiger partial charge in [-0.25, -0.2) is 9.78 Å². The number of pyridine rings is 1. The molecule has 0 bridgehead atoms. The smallest absolute Gasteiger partial charge is 0.326 e. The largest absolute Gasteiger partial charge is 0.480 e. The van der Waals surface area contributed by atoms with Crippen LogP contribution in [0.15, 0.2) is 6.07 Å². The van der Waals surface area contributed by atoms with Crippen LogP contribution < -0.4 is 5.32 Å². The van der Waals surface area contributed by atoms with E-state index in [4.69, 9.17) is 22.0 Å². The molecule has 0 spiro atoms. The van der Waals surface area contributed by atoms with E-state index in [1.807, 2.05) is 13.0 Å². The van der Waals surface area contributed by atoms with E-state index in [-0.39, 0.29) is 5.02 Å². The molecule has 0 saturated carbocycles. The van der Waals surface area contributed by atoms with Crippen molar-refractivity contribution >= 4 is 23.4 Å². The minimum atomic E-state index is -0.947. The lowest BCUT2D eigenvalue weighted by Crippen LogP contribution is -2.29. The molecule has 96 valence electrons. The molecule has 1 rings (SSSR count). The SMILES string of the molecule is CCCC(Nc1nc(C)c(C#N)cc1Cl)C(=O)O. The van der Waals surface area contributed by atoms with Gasteiger partial charge < -0.3 is 10.4 Å². The molecule has 1 atom stereocenters.